The van der Waals surface area contributed by atoms with E-state index in [1.165, 1.54) is 11.3 Å². The van der Waals surface area contributed by atoms with E-state index in [4.69, 9.17) is 4.74 Å². The average molecular weight is 258 g/mol. The molecule has 3 aromatic rings. The molecule has 0 spiro atoms. The van der Waals surface area contributed by atoms with Crippen molar-refractivity contribution in [3.8, 4) is 5.75 Å². The minimum Gasteiger partial charge on any atom is -0.495 e. The highest BCUT2D eigenvalue weighted by Crippen LogP contribution is 2.29. The Kier molecular flexibility index (Phi) is 2.60. The summed E-state index contributed by atoms with van der Waals surface area (Å²) in [4.78, 5) is 20.2. The summed E-state index contributed by atoms with van der Waals surface area (Å²) in [5, 5.41) is 2.68. The summed E-state index contributed by atoms with van der Waals surface area (Å²) in [6, 6.07) is 5.50. The number of aromatic nitrogens is 2. The predicted octanol–water partition coefficient (Wildman–Crippen LogP) is 2.86. The molecule has 90 valence electrons. The van der Waals surface area contributed by atoms with E-state index in [1.807, 2.05) is 17.5 Å². The topological polar surface area (TPSA) is 55.0 Å². The molecule has 0 bridgehead atoms. The van der Waals surface area contributed by atoms with Crippen molar-refractivity contribution in [2.75, 3.05) is 7.11 Å². The van der Waals surface area contributed by atoms with Crippen molar-refractivity contribution in [2.45, 2.75) is 0 Å². The maximum Gasteiger partial charge on any atom is 0.208 e. The molecule has 0 atom stereocenters. The number of thiophene rings is 1. The summed E-state index contributed by atoms with van der Waals surface area (Å²) in [6.45, 7) is 0. The molecule has 0 saturated carbocycles. The molecule has 0 unspecified atom stereocenters. The first kappa shape index (κ1) is 11.0. The van der Waals surface area contributed by atoms with E-state index < -0.39 is 0 Å². The van der Waals surface area contributed by atoms with Gasteiger partial charge in [-0.05, 0) is 23.6 Å². The Balaban J connectivity index is 2.13. The number of carbonyl (C=O) groups excluding carboxylic acids is 1. The molecule has 4 nitrogen and oxygen atoms in total. The van der Waals surface area contributed by atoms with E-state index in [-0.39, 0.29) is 5.78 Å². The number of H-pyrrole nitrogens is 1. The minimum atomic E-state index is -0.0406. The van der Waals surface area contributed by atoms with Gasteiger partial charge in [0.25, 0.3) is 0 Å². The summed E-state index contributed by atoms with van der Waals surface area (Å²) < 4.78 is 5.18. The van der Waals surface area contributed by atoms with Gasteiger partial charge >= 0.3 is 0 Å². The van der Waals surface area contributed by atoms with Crippen LogP contribution in [-0.2, 0) is 0 Å². The van der Waals surface area contributed by atoms with Gasteiger partial charge in [-0.1, -0.05) is 0 Å². The van der Waals surface area contributed by atoms with Gasteiger partial charge in [-0.25, -0.2) is 4.98 Å². The first-order valence-electron chi connectivity index (χ1n) is 5.39. The number of ketones is 1. The standard InChI is InChI=1S/C13H10N2O2S/c1-17-10-4-6-18-12(10)11(16)9-7-15-13-8(9)3-2-5-14-13/h2-7H,1H3,(H,14,15). The zero-order valence-electron chi connectivity index (χ0n) is 9.64. The molecule has 18 heavy (non-hydrogen) atoms. The van der Waals surface area contributed by atoms with Gasteiger partial charge in [0.1, 0.15) is 16.3 Å². The normalized spacial score (nSPS) is 10.7. The number of hydrogen-bond donors (Lipinski definition) is 1. The van der Waals surface area contributed by atoms with Crippen LogP contribution in [0.4, 0.5) is 0 Å². The smallest absolute Gasteiger partial charge is 0.208 e. The maximum absolute atomic E-state index is 12.4. The molecule has 3 aromatic heterocycles. The summed E-state index contributed by atoms with van der Waals surface area (Å²) in [5.41, 5.74) is 1.34. The Morgan fingerprint density at radius 1 is 1.44 bits per heavy atom. The summed E-state index contributed by atoms with van der Waals surface area (Å²) in [7, 11) is 1.57. The van der Waals surface area contributed by atoms with Gasteiger partial charge in [-0.3, -0.25) is 4.79 Å². The van der Waals surface area contributed by atoms with Crippen LogP contribution in [-0.4, -0.2) is 22.9 Å². The first-order chi connectivity index (χ1) is 8.81. The molecule has 5 heteroatoms. The number of carbonyl (C=O) groups is 1. The fraction of sp³-hybridized carbons (Fsp3) is 0.0769. The summed E-state index contributed by atoms with van der Waals surface area (Å²) >= 11 is 1.38. The van der Waals surface area contributed by atoms with Gasteiger partial charge in [0.2, 0.25) is 5.78 Å². The number of rotatable bonds is 3. The summed E-state index contributed by atoms with van der Waals surface area (Å²) in [5.74, 6) is 0.573. The number of ether oxygens (including phenoxy) is 1. The lowest BCUT2D eigenvalue weighted by Crippen LogP contribution is -1.99. The molecule has 0 aliphatic heterocycles. The fourth-order valence-electron chi connectivity index (χ4n) is 1.89. The number of fused-ring (bicyclic) bond motifs is 1. The van der Waals surface area contributed by atoms with E-state index >= 15 is 0 Å². The Bertz CT molecular complexity index is 714. The predicted molar refractivity (Wildman–Crippen MR) is 70.4 cm³/mol. The van der Waals surface area contributed by atoms with Crippen LogP contribution in [0.5, 0.6) is 5.75 Å². The molecular weight excluding hydrogens is 248 g/mol. The Morgan fingerprint density at radius 3 is 3.17 bits per heavy atom. The lowest BCUT2D eigenvalue weighted by molar-refractivity contribution is 0.104. The van der Waals surface area contributed by atoms with E-state index in [1.54, 1.807) is 25.6 Å². The van der Waals surface area contributed by atoms with Crippen molar-refractivity contribution in [1.29, 1.82) is 0 Å². The van der Waals surface area contributed by atoms with Crippen LogP contribution in [0.15, 0.2) is 36.0 Å². The Labute approximate surface area is 107 Å². The molecule has 3 heterocycles. The zero-order chi connectivity index (χ0) is 12.5. The first-order valence-corrected chi connectivity index (χ1v) is 6.27. The van der Waals surface area contributed by atoms with E-state index in [9.17, 15) is 4.79 Å². The maximum atomic E-state index is 12.4. The van der Waals surface area contributed by atoms with Crippen LogP contribution >= 0.6 is 11.3 Å². The molecule has 0 fully saturated rings. The van der Waals surface area contributed by atoms with Crippen LogP contribution in [0, 0.1) is 0 Å². The molecule has 1 N–H and O–H groups in total. The van der Waals surface area contributed by atoms with Crippen molar-refractivity contribution in [2.24, 2.45) is 0 Å². The fourth-order valence-corrected chi connectivity index (χ4v) is 2.70. The van der Waals surface area contributed by atoms with Crippen LogP contribution in [0.1, 0.15) is 15.2 Å². The van der Waals surface area contributed by atoms with Crippen LogP contribution < -0.4 is 4.74 Å². The number of pyridine rings is 1. The third-order valence-corrected chi connectivity index (χ3v) is 3.65. The SMILES string of the molecule is COc1ccsc1C(=O)c1c[nH]c2ncccc12. The van der Waals surface area contributed by atoms with Crippen molar-refractivity contribution in [3.63, 3.8) is 0 Å². The van der Waals surface area contributed by atoms with Gasteiger partial charge in [0.05, 0.1) is 12.7 Å². The minimum absolute atomic E-state index is 0.0406. The number of hydrogen-bond acceptors (Lipinski definition) is 4. The summed E-state index contributed by atoms with van der Waals surface area (Å²) in [6.07, 6.45) is 3.39. The average Bonchev–Trinajstić information content (AvgIpc) is 3.04. The monoisotopic (exact) mass is 258 g/mol. The van der Waals surface area contributed by atoms with Gasteiger partial charge in [-0.15, -0.1) is 11.3 Å². The third-order valence-electron chi connectivity index (χ3n) is 2.75. The second-order valence-electron chi connectivity index (χ2n) is 3.75. The molecule has 0 amide bonds. The second kappa shape index (κ2) is 4.27. The molecule has 0 aromatic carbocycles. The highest BCUT2D eigenvalue weighted by molar-refractivity contribution is 7.12. The van der Waals surface area contributed by atoms with E-state index in [0.717, 1.165) is 11.0 Å². The highest BCUT2D eigenvalue weighted by Gasteiger charge is 2.19. The van der Waals surface area contributed by atoms with Crippen molar-refractivity contribution in [3.05, 3.63) is 46.4 Å². The quantitative estimate of drug-likeness (QED) is 0.735. The number of nitrogens with one attached hydrogen (secondary N) is 1. The lowest BCUT2D eigenvalue weighted by Gasteiger charge is -2.00. The molecule has 0 radical (unpaired) electrons. The largest absolute Gasteiger partial charge is 0.495 e. The van der Waals surface area contributed by atoms with Gasteiger partial charge in [0.15, 0.2) is 0 Å². The van der Waals surface area contributed by atoms with E-state index in [0.29, 0.717) is 16.2 Å². The zero-order valence-corrected chi connectivity index (χ0v) is 10.5. The van der Waals surface area contributed by atoms with Crippen molar-refractivity contribution in [1.82, 2.24) is 9.97 Å². The van der Waals surface area contributed by atoms with Gasteiger partial charge in [0, 0.05) is 17.8 Å². The number of nitrogens with zero attached hydrogens (tertiary/aromatic N) is 1. The van der Waals surface area contributed by atoms with Crippen LogP contribution in [0.25, 0.3) is 11.0 Å². The van der Waals surface area contributed by atoms with Crippen molar-refractivity contribution >= 4 is 28.2 Å². The number of methoxy groups -OCH3 is 1. The van der Waals surface area contributed by atoms with E-state index in [2.05, 4.69) is 9.97 Å². The highest BCUT2D eigenvalue weighted by atomic mass is 32.1. The van der Waals surface area contributed by atoms with Gasteiger partial charge < -0.3 is 9.72 Å². The molecule has 0 aliphatic rings. The molecular formula is C13H10N2O2S. The van der Waals surface area contributed by atoms with Gasteiger partial charge in [-0.2, -0.15) is 0 Å². The van der Waals surface area contributed by atoms with Crippen molar-refractivity contribution < 1.29 is 9.53 Å². The molecule has 0 saturated heterocycles. The Morgan fingerprint density at radius 2 is 2.33 bits per heavy atom. The van der Waals surface area contributed by atoms with Crippen LogP contribution in [0.3, 0.4) is 0 Å². The lowest BCUT2D eigenvalue weighted by atomic mass is 10.1. The second-order valence-corrected chi connectivity index (χ2v) is 4.67. The molecule has 0 aliphatic carbocycles. The third kappa shape index (κ3) is 1.60. The molecule has 3 rings (SSSR count). The number of aromatic amines is 1. The van der Waals surface area contributed by atoms with Crippen LogP contribution in [0.2, 0.25) is 0 Å². The Hall–Kier alpha value is -2.14.